The third-order valence-electron chi connectivity index (χ3n) is 4.34. The van der Waals surface area contributed by atoms with Crippen LogP contribution >= 0.6 is 0 Å². The van der Waals surface area contributed by atoms with Crippen LogP contribution in [0.5, 0.6) is 0 Å². The van der Waals surface area contributed by atoms with Gasteiger partial charge < -0.3 is 15.3 Å². The van der Waals surface area contributed by atoms with Crippen LogP contribution in [-0.2, 0) is 11.2 Å². The molecule has 2 amide bonds. The molecule has 1 aromatic carbocycles. The van der Waals surface area contributed by atoms with Crippen LogP contribution in [0.15, 0.2) is 18.2 Å². The smallest absolute Gasteiger partial charge is 0.317 e. The monoisotopic (exact) mass is 292 g/mol. The number of hydrogen-bond donors (Lipinski definition) is 2. The first-order valence-electron chi connectivity index (χ1n) is 7.12. The maximum Gasteiger partial charge on any atom is 0.317 e. The van der Waals surface area contributed by atoms with Gasteiger partial charge in [-0.1, -0.05) is 12.1 Å². The molecular weight excluding hydrogens is 275 g/mol. The van der Waals surface area contributed by atoms with Crippen molar-refractivity contribution < 1.29 is 19.1 Å². The average Bonchev–Trinajstić information content (AvgIpc) is 3.07. The van der Waals surface area contributed by atoms with Crippen LogP contribution < -0.4 is 5.32 Å². The number of aliphatic carboxylic acids is 1. The molecule has 1 fully saturated rings. The zero-order valence-electron chi connectivity index (χ0n) is 11.5. The molecule has 0 radical (unpaired) electrons. The Morgan fingerprint density at radius 3 is 2.86 bits per heavy atom. The highest BCUT2D eigenvalue weighted by Crippen LogP contribution is 2.33. The summed E-state index contributed by atoms with van der Waals surface area (Å²) in [6.45, 7) is 0.690. The lowest BCUT2D eigenvalue weighted by Gasteiger charge is -2.21. The fraction of sp³-hybridized carbons (Fsp3) is 0.467. The van der Waals surface area contributed by atoms with E-state index < -0.39 is 11.9 Å². The van der Waals surface area contributed by atoms with Crippen LogP contribution in [0.1, 0.15) is 30.0 Å². The molecule has 1 saturated heterocycles. The highest BCUT2D eigenvalue weighted by molar-refractivity contribution is 5.77. The average molecular weight is 292 g/mol. The number of carbonyl (C=O) groups excluding carboxylic acids is 1. The van der Waals surface area contributed by atoms with Crippen molar-refractivity contribution in [1.29, 1.82) is 0 Å². The van der Waals surface area contributed by atoms with E-state index in [2.05, 4.69) is 5.32 Å². The number of nitrogens with zero attached hydrogens (tertiary/aromatic N) is 1. The molecule has 5 nitrogen and oxygen atoms in total. The predicted octanol–water partition coefficient (Wildman–Crippen LogP) is 1.93. The third-order valence-corrected chi connectivity index (χ3v) is 4.34. The summed E-state index contributed by atoms with van der Waals surface area (Å²) in [4.78, 5) is 24.6. The van der Waals surface area contributed by atoms with Crippen LogP contribution in [-0.4, -0.2) is 35.1 Å². The first-order valence-corrected chi connectivity index (χ1v) is 7.12. The molecule has 2 N–H and O–H groups in total. The number of benzene rings is 1. The highest BCUT2D eigenvalue weighted by Gasteiger charge is 2.33. The Morgan fingerprint density at radius 1 is 1.33 bits per heavy atom. The summed E-state index contributed by atoms with van der Waals surface area (Å²) in [5, 5.41) is 11.8. The first-order chi connectivity index (χ1) is 10.1. The molecule has 1 aliphatic carbocycles. The minimum Gasteiger partial charge on any atom is -0.481 e. The van der Waals surface area contributed by atoms with Gasteiger partial charge in [0.2, 0.25) is 0 Å². The Balaban J connectivity index is 1.65. The quantitative estimate of drug-likeness (QED) is 0.875. The number of carbonyl (C=O) groups is 2. The van der Waals surface area contributed by atoms with Crippen LogP contribution in [0.4, 0.5) is 9.18 Å². The van der Waals surface area contributed by atoms with Gasteiger partial charge in [0.25, 0.3) is 0 Å². The molecule has 0 spiro atoms. The van der Waals surface area contributed by atoms with Crippen molar-refractivity contribution in [3.05, 3.63) is 35.1 Å². The number of halogens is 1. The van der Waals surface area contributed by atoms with Crippen molar-refractivity contribution in [2.75, 3.05) is 13.1 Å². The van der Waals surface area contributed by atoms with Gasteiger partial charge in [0.15, 0.2) is 0 Å². The Bertz CT molecular complexity index is 590. The molecule has 3 rings (SSSR count). The zero-order valence-corrected chi connectivity index (χ0v) is 11.5. The normalized spacial score (nSPS) is 24.0. The van der Waals surface area contributed by atoms with Gasteiger partial charge in [-0.3, -0.25) is 4.79 Å². The second-order valence-electron chi connectivity index (χ2n) is 5.62. The molecule has 112 valence electrons. The van der Waals surface area contributed by atoms with Gasteiger partial charge in [0, 0.05) is 13.1 Å². The van der Waals surface area contributed by atoms with Crippen molar-refractivity contribution in [1.82, 2.24) is 10.2 Å². The molecular formula is C15H17FN2O3. The molecule has 2 aliphatic rings. The summed E-state index contributed by atoms with van der Waals surface area (Å²) in [5.74, 6) is -1.57. The molecule has 2 unspecified atom stereocenters. The van der Waals surface area contributed by atoms with E-state index in [1.807, 2.05) is 6.07 Å². The molecule has 6 heteroatoms. The van der Waals surface area contributed by atoms with E-state index in [0.717, 1.165) is 5.56 Å². The van der Waals surface area contributed by atoms with Crippen molar-refractivity contribution in [3.8, 4) is 0 Å². The number of rotatable bonds is 2. The van der Waals surface area contributed by atoms with Crippen LogP contribution in [0, 0.1) is 11.7 Å². The molecule has 0 saturated carbocycles. The van der Waals surface area contributed by atoms with Gasteiger partial charge in [-0.05, 0) is 36.5 Å². The summed E-state index contributed by atoms with van der Waals surface area (Å²) < 4.78 is 13.7. The van der Waals surface area contributed by atoms with Crippen LogP contribution in [0.25, 0.3) is 0 Å². The van der Waals surface area contributed by atoms with E-state index in [-0.39, 0.29) is 24.4 Å². The summed E-state index contributed by atoms with van der Waals surface area (Å²) >= 11 is 0. The predicted molar refractivity (Wildman–Crippen MR) is 73.3 cm³/mol. The fourth-order valence-corrected chi connectivity index (χ4v) is 3.15. The summed E-state index contributed by atoms with van der Waals surface area (Å²) in [7, 11) is 0. The Kier molecular flexibility index (Phi) is 3.53. The molecule has 1 aliphatic heterocycles. The van der Waals surface area contributed by atoms with Crippen LogP contribution in [0.2, 0.25) is 0 Å². The Hall–Kier alpha value is -2.11. The molecule has 1 aromatic rings. The topological polar surface area (TPSA) is 69.6 Å². The number of hydrogen-bond acceptors (Lipinski definition) is 2. The summed E-state index contributed by atoms with van der Waals surface area (Å²) in [6, 6.07) is 4.46. The van der Waals surface area contributed by atoms with Gasteiger partial charge in [0.1, 0.15) is 5.82 Å². The largest absolute Gasteiger partial charge is 0.481 e. The fourth-order valence-electron chi connectivity index (χ4n) is 3.15. The summed E-state index contributed by atoms with van der Waals surface area (Å²) in [5.41, 5.74) is 1.50. The van der Waals surface area contributed by atoms with E-state index in [4.69, 9.17) is 5.11 Å². The number of likely N-dealkylation sites (tertiary alicyclic amines) is 1. The molecule has 1 heterocycles. The Labute approximate surface area is 121 Å². The van der Waals surface area contributed by atoms with E-state index in [9.17, 15) is 14.0 Å². The number of urea groups is 1. The van der Waals surface area contributed by atoms with Gasteiger partial charge in [-0.25, -0.2) is 9.18 Å². The minimum atomic E-state index is -0.862. The molecule has 2 atom stereocenters. The maximum absolute atomic E-state index is 13.7. The second-order valence-corrected chi connectivity index (χ2v) is 5.62. The SMILES string of the molecule is O=C(O)C1CCN(C(=O)NC2CCc3c(F)cccc32)C1. The summed E-state index contributed by atoms with van der Waals surface area (Å²) in [6.07, 6.45) is 1.78. The van der Waals surface area contributed by atoms with E-state index in [1.54, 1.807) is 6.07 Å². The van der Waals surface area contributed by atoms with Gasteiger partial charge >= 0.3 is 12.0 Å². The molecule has 0 bridgehead atoms. The lowest BCUT2D eigenvalue weighted by atomic mass is 10.1. The molecule has 0 aromatic heterocycles. The number of fused-ring (bicyclic) bond motifs is 1. The molecule has 21 heavy (non-hydrogen) atoms. The Morgan fingerprint density at radius 2 is 2.14 bits per heavy atom. The number of carboxylic acid groups (broad SMARTS) is 1. The standard InChI is InChI=1S/C15H17FN2O3/c16-12-3-1-2-11-10(12)4-5-13(11)17-15(21)18-7-6-9(8-18)14(19)20/h1-3,9,13H,4-8H2,(H,17,21)(H,19,20). The van der Waals surface area contributed by atoms with Gasteiger partial charge in [0.05, 0.1) is 12.0 Å². The zero-order chi connectivity index (χ0) is 15.0. The van der Waals surface area contributed by atoms with Gasteiger partial charge in [-0.2, -0.15) is 0 Å². The van der Waals surface area contributed by atoms with Crippen molar-refractivity contribution >= 4 is 12.0 Å². The van der Waals surface area contributed by atoms with Crippen molar-refractivity contribution in [2.45, 2.75) is 25.3 Å². The highest BCUT2D eigenvalue weighted by atomic mass is 19.1. The lowest BCUT2D eigenvalue weighted by molar-refractivity contribution is -0.141. The first kappa shape index (κ1) is 13.9. The van der Waals surface area contributed by atoms with E-state index >= 15 is 0 Å². The number of nitrogens with one attached hydrogen (secondary N) is 1. The number of carboxylic acids is 1. The van der Waals surface area contributed by atoms with Crippen molar-refractivity contribution in [2.24, 2.45) is 5.92 Å². The number of amides is 2. The third kappa shape index (κ3) is 2.57. The maximum atomic E-state index is 13.7. The van der Waals surface area contributed by atoms with E-state index in [1.165, 1.54) is 11.0 Å². The minimum absolute atomic E-state index is 0.188. The van der Waals surface area contributed by atoms with Crippen LogP contribution in [0.3, 0.4) is 0 Å². The van der Waals surface area contributed by atoms with Gasteiger partial charge in [-0.15, -0.1) is 0 Å². The van der Waals surface area contributed by atoms with E-state index in [0.29, 0.717) is 31.4 Å². The lowest BCUT2D eigenvalue weighted by Crippen LogP contribution is -2.40. The van der Waals surface area contributed by atoms with Crippen molar-refractivity contribution in [3.63, 3.8) is 0 Å². The second kappa shape index (κ2) is 5.35.